The number of carboxylic acid groups (broad SMARTS) is 1. The van der Waals surface area contributed by atoms with Crippen LogP contribution in [0.25, 0.3) is 10.6 Å². The zero-order valence-corrected chi connectivity index (χ0v) is 11.8. The SMILES string of the molecule is Cc1cccc(-c2nc(C3CC3)c(C(=O)O)s2)c1C. The molecule has 0 amide bonds. The third-order valence-corrected chi connectivity index (χ3v) is 4.74. The maximum Gasteiger partial charge on any atom is 0.347 e. The lowest BCUT2D eigenvalue weighted by atomic mass is 10.0. The maximum atomic E-state index is 11.3. The van der Waals surface area contributed by atoms with Gasteiger partial charge >= 0.3 is 5.97 Å². The Morgan fingerprint density at radius 3 is 2.74 bits per heavy atom. The lowest BCUT2D eigenvalue weighted by Crippen LogP contribution is -1.97. The third-order valence-electron chi connectivity index (χ3n) is 3.65. The van der Waals surface area contributed by atoms with Gasteiger partial charge in [-0.3, -0.25) is 0 Å². The van der Waals surface area contributed by atoms with Gasteiger partial charge in [0.15, 0.2) is 0 Å². The number of hydrogen-bond donors (Lipinski definition) is 1. The monoisotopic (exact) mass is 273 g/mol. The summed E-state index contributed by atoms with van der Waals surface area (Å²) in [6.45, 7) is 4.12. The van der Waals surface area contributed by atoms with Crippen molar-refractivity contribution in [3.8, 4) is 10.6 Å². The Balaban J connectivity index is 2.13. The van der Waals surface area contributed by atoms with E-state index in [4.69, 9.17) is 0 Å². The van der Waals surface area contributed by atoms with Crippen molar-refractivity contribution >= 4 is 17.3 Å². The van der Waals surface area contributed by atoms with E-state index in [0.29, 0.717) is 10.8 Å². The van der Waals surface area contributed by atoms with Crippen LogP contribution in [0.1, 0.15) is 45.3 Å². The summed E-state index contributed by atoms with van der Waals surface area (Å²) in [6, 6.07) is 6.08. The molecule has 1 N–H and O–H groups in total. The first-order valence-electron chi connectivity index (χ1n) is 6.38. The molecule has 1 aromatic heterocycles. The highest BCUT2D eigenvalue weighted by Crippen LogP contribution is 2.44. The topological polar surface area (TPSA) is 50.2 Å². The summed E-state index contributed by atoms with van der Waals surface area (Å²) in [5.74, 6) is -0.489. The number of aromatic carboxylic acids is 1. The van der Waals surface area contributed by atoms with Gasteiger partial charge in [-0.2, -0.15) is 0 Å². The molecule has 0 unspecified atom stereocenters. The Hall–Kier alpha value is -1.68. The second-order valence-electron chi connectivity index (χ2n) is 5.06. The normalized spacial score (nSPS) is 14.6. The van der Waals surface area contributed by atoms with Crippen molar-refractivity contribution in [3.05, 3.63) is 39.9 Å². The fourth-order valence-electron chi connectivity index (χ4n) is 2.22. The second kappa shape index (κ2) is 4.46. The molecule has 19 heavy (non-hydrogen) atoms. The maximum absolute atomic E-state index is 11.3. The Kier molecular flexibility index (Phi) is 2.90. The molecule has 4 heteroatoms. The molecular formula is C15H15NO2S. The van der Waals surface area contributed by atoms with E-state index in [2.05, 4.69) is 24.9 Å². The Morgan fingerprint density at radius 1 is 1.37 bits per heavy atom. The van der Waals surface area contributed by atoms with Crippen LogP contribution in [0.2, 0.25) is 0 Å². The van der Waals surface area contributed by atoms with Gasteiger partial charge < -0.3 is 5.11 Å². The van der Waals surface area contributed by atoms with Crippen LogP contribution in [-0.4, -0.2) is 16.1 Å². The Labute approximate surface area is 115 Å². The summed E-state index contributed by atoms with van der Waals surface area (Å²) in [5, 5.41) is 10.1. The first-order chi connectivity index (χ1) is 9.08. The van der Waals surface area contributed by atoms with Crippen LogP contribution in [-0.2, 0) is 0 Å². The van der Waals surface area contributed by atoms with E-state index < -0.39 is 5.97 Å². The molecule has 1 aliphatic carbocycles. The number of carboxylic acids is 1. The lowest BCUT2D eigenvalue weighted by Gasteiger charge is -2.04. The number of thiazole rings is 1. The zero-order valence-electron chi connectivity index (χ0n) is 10.9. The van der Waals surface area contributed by atoms with Crippen molar-refractivity contribution in [1.82, 2.24) is 4.98 Å². The van der Waals surface area contributed by atoms with Crippen molar-refractivity contribution < 1.29 is 9.90 Å². The number of carbonyl (C=O) groups is 1. The molecule has 1 saturated carbocycles. The zero-order chi connectivity index (χ0) is 13.6. The average molecular weight is 273 g/mol. The van der Waals surface area contributed by atoms with Gasteiger partial charge in [0.25, 0.3) is 0 Å². The predicted molar refractivity (Wildman–Crippen MR) is 76.0 cm³/mol. The standard InChI is InChI=1S/C15H15NO2S/c1-8-4-3-5-11(9(8)2)14-16-12(10-6-7-10)13(19-14)15(17)18/h3-5,10H,6-7H2,1-2H3,(H,17,18). The van der Waals surface area contributed by atoms with Gasteiger partial charge in [0.1, 0.15) is 9.88 Å². The van der Waals surface area contributed by atoms with Crippen molar-refractivity contribution in [2.45, 2.75) is 32.6 Å². The lowest BCUT2D eigenvalue weighted by molar-refractivity contribution is 0.0700. The Morgan fingerprint density at radius 2 is 2.11 bits per heavy atom. The van der Waals surface area contributed by atoms with Crippen molar-refractivity contribution in [3.63, 3.8) is 0 Å². The number of rotatable bonds is 3. The molecule has 2 aromatic rings. The van der Waals surface area contributed by atoms with Crippen LogP contribution < -0.4 is 0 Å². The highest BCUT2D eigenvalue weighted by Gasteiger charge is 2.32. The number of hydrogen-bond acceptors (Lipinski definition) is 3. The molecule has 0 atom stereocenters. The first kappa shape index (κ1) is 12.4. The summed E-state index contributed by atoms with van der Waals surface area (Å²) in [6.07, 6.45) is 2.13. The molecule has 1 fully saturated rings. The summed E-state index contributed by atoms with van der Waals surface area (Å²) in [7, 11) is 0. The van der Waals surface area contributed by atoms with Gasteiger partial charge in [0.2, 0.25) is 0 Å². The van der Waals surface area contributed by atoms with E-state index in [9.17, 15) is 9.90 Å². The predicted octanol–water partition coefficient (Wildman–Crippen LogP) is 4.00. The first-order valence-corrected chi connectivity index (χ1v) is 7.20. The van der Waals surface area contributed by atoms with Gasteiger partial charge in [0.05, 0.1) is 5.69 Å². The van der Waals surface area contributed by atoms with Crippen LogP contribution >= 0.6 is 11.3 Å². The number of nitrogens with zero attached hydrogens (tertiary/aromatic N) is 1. The van der Waals surface area contributed by atoms with Gasteiger partial charge in [-0.05, 0) is 37.8 Å². The fraction of sp³-hybridized carbons (Fsp3) is 0.333. The summed E-state index contributed by atoms with van der Waals surface area (Å²) in [4.78, 5) is 16.3. The van der Waals surface area contributed by atoms with Crippen molar-refractivity contribution in [2.24, 2.45) is 0 Å². The van der Waals surface area contributed by atoms with Gasteiger partial charge in [-0.25, -0.2) is 9.78 Å². The van der Waals surface area contributed by atoms with Crippen molar-refractivity contribution in [1.29, 1.82) is 0 Å². The molecule has 0 radical (unpaired) electrons. The minimum atomic E-state index is -0.851. The summed E-state index contributed by atoms with van der Waals surface area (Å²) < 4.78 is 0. The number of aromatic nitrogens is 1. The van der Waals surface area contributed by atoms with E-state index in [1.54, 1.807) is 0 Å². The molecule has 1 heterocycles. The smallest absolute Gasteiger partial charge is 0.347 e. The average Bonchev–Trinajstić information content (AvgIpc) is 3.12. The van der Waals surface area contributed by atoms with E-state index in [0.717, 1.165) is 29.1 Å². The van der Waals surface area contributed by atoms with Crippen LogP contribution in [0.4, 0.5) is 0 Å². The molecule has 0 aliphatic heterocycles. The highest BCUT2D eigenvalue weighted by atomic mass is 32.1. The highest BCUT2D eigenvalue weighted by molar-refractivity contribution is 7.17. The van der Waals surface area contributed by atoms with Gasteiger partial charge in [0, 0.05) is 11.5 Å². The van der Waals surface area contributed by atoms with Gasteiger partial charge in [-0.15, -0.1) is 11.3 Å². The van der Waals surface area contributed by atoms with Crippen LogP contribution in [0.5, 0.6) is 0 Å². The summed E-state index contributed by atoms with van der Waals surface area (Å²) in [5.41, 5.74) is 4.22. The van der Waals surface area contributed by atoms with E-state index in [1.807, 2.05) is 12.1 Å². The second-order valence-corrected chi connectivity index (χ2v) is 6.06. The van der Waals surface area contributed by atoms with E-state index in [-0.39, 0.29) is 0 Å². The molecule has 1 aliphatic rings. The largest absolute Gasteiger partial charge is 0.477 e. The molecule has 98 valence electrons. The molecule has 3 nitrogen and oxygen atoms in total. The molecular weight excluding hydrogens is 258 g/mol. The molecule has 0 bridgehead atoms. The third kappa shape index (κ3) is 2.16. The van der Waals surface area contributed by atoms with Crippen LogP contribution in [0.15, 0.2) is 18.2 Å². The minimum Gasteiger partial charge on any atom is -0.477 e. The number of aryl methyl sites for hydroxylation is 1. The molecule has 0 spiro atoms. The Bertz CT molecular complexity index is 656. The van der Waals surface area contributed by atoms with Gasteiger partial charge in [-0.1, -0.05) is 18.2 Å². The summed E-state index contributed by atoms with van der Waals surface area (Å²) >= 11 is 1.30. The van der Waals surface area contributed by atoms with Crippen LogP contribution in [0.3, 0.4) is 0 Å². The molecule has 1 aromatic carbocycles. The molecule has 3 rings (SSSR count). The number of benzene rings is 1. The van der Waals surface area contributed by atoms with Crippen LogP contribution in [0, 0.1) is 13.8 Å². The minimum absolute atomic E-state index is 0.362. The van der Waals surface area contributed by atoms with E-state index in [1.165, 1.54) is 22.5 Å². The van der Waals surface area contributed by atoms with Crippen molar-refractivity contribution in [2.75, 3.05) is 0 Å². The molecule has 0 saturated heterocycles. The fourth-order valence-corrected chi connectivity index (χ4v) is 3.29. The van der Waals surface area contributed by atoms with E-state index >= 15 is 0 Å². The quantitative estimate of drug-likeness (QED) is 0.919.